The van der Waals surface area contributed by atoms with E-state index in [1.54, 1.807) is 18.2 Å². The van der Waals surface area contributed by atoms with Crippen LogP contribution in [0, 0.1) is 11.3 Å². The van der Waals surface area contributed by atoms with Crippen molar-refractivity contribution in [2.24, 2.45) is 0 Å². The maximum absolute atomic E-state index is 10.6. The van der Waals surface area contributed by atoms with Crippen LogP contribution in [0.5, 0.6) is 0 Å². The van der Waals surface area contributed by atoms with E-state index < -0.39 is 5.97 Å². The molecule has 0 heterocycles. The van der Waals surface area contributed by atoms with E-state index in [2.05, 4.69) is 30.9 Å². The minimum atomic E-state index is -1.22. The van der Waals surface area contributed by atoms with Crippen molar-refractivity contribution in [2.45, 2.75) is 13.8 Å². The van der Waals surface area contributed by atoms with Gasteiger partial charge >= 0.3 is 5.97 Å². The molecule has 4 nitrogen and oxygen atoms in total. The molecule has 0 saturated heterocycles. The first-order valence-corrected chi connectivity index (χ1v) is 7.15. The second-order valence-corrected chi connectivity index (χ2v) is 4.51. The SMILES string of the molecule is CCN(CC)c1ccc(/C=C/C=C/C=C(\C#N)C(=O)O)cc1. The van der Waals surface area contributed by atoms with Crippen molar-refractivity contribution in [3.8, 4) is 6.07 Å². The number of aliphatic carboxylic acids is 1. The van der Waals surface area contributed by atoms with Crippen LogP contribution in [0.15, 0.2) is 54.1 Å². The fourth-order valence-electron chi connectivity index (χ4n) is 1.92. The average molecular weight is 296 g/mol. The van der Waals surface area contributed by atoms with Crippen LogP contribution in [-0.2, 0) is 4.79 Å². The Morgan fingerprint density at radius 3 is 2.32 bits per heavy atom. The summed E-state index contributed by atoms with van der Waals surface area (Å²) in [7, 11) is 0. The molecule has 0 fully saturated rings. The summed E-state index contributed by atoms with van der Waals surface area (Å²) < 4.78 is 0. The quantitative estimate of drug-likeness (QED) is 0.474. The summed E-state index contributed by atoms with van der Waals surface area (Å²) >= 11 is 0. The van der Waals surface area contributed by atoms with Gasteiger partial charge in [0.2, 0.25) is 0 Å². The van der Waals surface area contributed by atoms with Gasteiger partial charge in [0.15, 0.2) is 0 Å². The van der Waals surface area contributed by atoms with Crippen LogP contribution in [0.1, 0.15) is 19.4 Å². The summed E-state index contributed by atoms with van der Waals surface area (Å²) in [4.78, 5) is 12.9. The number of benzene rings is 1. The smallest absolute Gasteiger partial charge is 0.346 e. The third-order valence-corrected chi connectivity index (χ3v) is 3.15. The fraction of sp³-hybridized carbons (Fsp3) is 0.222. The van der Waals surface area contributed by atoms with E-state index in [9.17, 15) is 4.79 Å². The molecule has 0 unspecified atom stereocenters. The highest BCUT2D eigenvalue weighted by molar-refractivity contribution is 5.91. The number of hydrogen-bond acceptors (Lipinski definition) is 3. The molecule has 0 aliphatic rings. The highest BCUT2D eigenvalue weighted by atomic mass is 16.4. The molecule has 4 heteroatoms. The predicted molar refractivity (Wildman–Crippen MR) is 89.5 cm³/mol. The molecule has 0 amide bonds. The maximum atomic E-state index is 10.6. The Balaban J connectivity index is 2.68. The van der Waals surface area contributed by atoms with Crippen molar-refractivity contribution in [1.29, 1.82) is 5.26 Å². The van der Waals surface area contributed by atoms with Crippen LogP contribution in [0.3, 0.4) is 0 Å². The summed E-state index contributed by atoms with van der Waals surface area (Å²) in [5, 5.41) is 17.3. The second kappa shape index (κ2) is 9.19. The molecule has 0 aromatic heterocycles. The monoisotopic (exact) mass is 296 g/mol. The van der Waals surface area contributed by atoms with Gasteiger partial charge in [-0.15, -0.1) is 0 Å². The molecule has 1 aromatic rings. The average Bonchev–Trinajstić information content (AvgIpc) is 2.53. The van der Waals surface area contributed by atoms with Crippen LogP contribution in [-0.4, -0.2) is 24.2 Å². The molecule has 22 heavy (non-hydrogen) atoms. The van der Waals surface area contributed by atoms with Gasteiger partial charge in [0.05, 0.1) is 0 Å². The van der Waals surface area contributed by atoms with E-state index in [0.717, 1.165) is 18.7 Å². The van der Waals surface area contributed by atoms with Gasteiger partial charge in [0.1, 0.15) is 11.6 Å². The number of carbonyl (C=O) groups is 1. The molecule has 114 valence electrons. The van der Waals surface area contributed by atoms with E-state index in [4.69, 9.17) is 10.4 Å². The molecule has 1 aromatic carbocycles. The Morgan fingerprint density at radius 2 is 1.82 bits per heavy atom. The Morgan fingerprint density at radius 1 is 1.18 bits per heavy atom. The predicted octanol–water partition coefficient (Wildman–Crippen LogP) is 3.64. The number of hydrogen-bond donors (Lipinski definition) is 1. The van der Waals surface area contributed by atoms with Crippen molar-refractivity contribution in [1.82, 2.24) is 0 Å². The minimum absolute atomic E-state index is 0.284. The number of nitriles is 1. The Kier molecular flexibility index (Phi) is 7.21. The summed E-state index contributed by atoms with van der Waals surface area (Å²) in [6, 6.07) is 9.84. The molecule has 0 aliphatic heterocycles. The number of rotatable bonds is 7. The zero-order valence-corrected chi connectivity index (χ0v) is 12.9. The molecule has 0 bridgehead atoms. The lowest BCUT2D eigenvalue weighted by molar-refractivity contribution is -0.132. The topological polar surface area (TPSA) is 64.3 Å². The molecule has 0 aliphatic carbocycles. The first-order valence-electron chi connectivity index (χ1n) is 7.15. The van der Waals surface area contributed by atoms with Gasteiger partial charge in [0.25, 0.3) is 0 Å². The largest absolute Gasteiger partial charge is 0.477 e. The third-order valence-electron chi connectivity index (χ3n) is 3.15. The fourth-order valence-corrected chi connectivity index (χ4v) is 1.92. The van der Waals surface area contributed by atoms with Crippen LogP contribution in [0.25, 0.3) is 6.08 Å². The van der Waals surface area contributed by atoms with Gasteiger partial charge in [-0.25, -0.2) is 4.79 Å². The van der Waals surface area contributed by atoms with E-state index >= 15 is 0 Å². The summed E-state index contributed by atoms with van der Waals surface area (Å²) in [6.45, 7) is 6.21. The van der Waals surface area contributed by atoms with E-state index in [1.807, 2.05) is 18.2 Å². The van der Waals surface area contributed by atoms with Crippen molar-refractivity contribution < 1.29 is 9.90 Å². The number of carboxylic acids is 1. The molecule has 0 atom stereocenters. The molecular weight excluding hydrogens is 276 g/mol. The van der Waals surface area contributed by atoms with Crippen LogP contribution in [0.4, 0.5) is 5.69 Å². The number of carboxylic acid groups (broad SMARTS) is 1. The first kappa shape index (κ1) is 17.3. The van der Waals surface area contributed by atoms with E-state index in [0.29, 0.717) is 0 Å². The summed E-state index contributed by atoms with van der Waals surface area (Å²) in [6.07, 6.45) is 8.23. The standard InChI is InChI=1S/C18H20N2O2/c1-3-20(4-2)17-12-10-15(11-13-17)8-6-5-7-9-16(14-19)18(21)22/h5-13H,3-4H2,1-2H3,(H,21,22)/b7-5+,8-6+,16-9+. The Bertz CT molecular complexity index is 615. The molecule has 0 spiro atoms. The second-order valence-electron chi connectivity index (χ2n) is 4.51. The molecule has 1 rings (SSSR count). The Labute approximate surface area is 131 Å². The molecule has 1 N–H and O–H groups in total. The third kappa shape index (κ3) is 5.29. The lowest BCUT2D eigenvalue weighted by Crippen LogP contribution is -2.21. The van der Waals surface area contributed by atoms with Crippen molar-refractivity contribution >= 4 is 17.7 Å². The lowest BCUT2D eigenvalue weighted by atomic mass is 10.1. The first-order chi connectivity index (χ1) is 10.6. The van der Waals surface area contributed by atoms with Gasteiger partial charge in [-0.05, 0) is 37.6 Å². The van der Waals surface area contributed by atoms with Crippen molar-refractivity contribution in [3.63, 3.8) is 0 Å². The van der Waals surface area contributed by atoms with Gasteiger partial charge < -0.3 is 10.0 Å². The highest BCUT2D eigenvalue weighted by Gasteiger charge is 2.02. The summed E-state index contributed by atoms with van der Waals surface area (Å²) in [5.41, 5.74) is 1.97. The van der Waals surface area contributed by atoms with Gasteiger partial charge in [-0.2, -0.15) is 5.26 Å². The Hall–Kier alpha value is -2.80. The molecule has 0 saturated carbocycles. The van der Waals surface area contributed by atoms with Gasteiger partial charge in [-0.1, -0.05) is 36.4 Å². The number of allylic oxidation sites excluding steroid dienone is 4. The van der Waals surface area contributed by atoms with Crippen molar-refractivity contribution in [2.75, 3.05) is 18.0 Å². The maximum Gasteiger partial charge on any atom is 0.346 e. The van der Waals surface area contributed by atoms with Gasteiger partial charge in [0, 0.05) is 18.8 Å². The van der Waals surface area contributed by atoms with Crippen LogP contribution < -0.4 is 4.90 Å². The number of nitrogens with zero attached hydrogens (tertiary/aromatic N) is 2. The van der Waals surface area contributed by atoms with E-state index in [1.165, 1.54) is 17.8 Å². The van der Waals surface area contributed by atoms with E-state index in [-0.39, 0.29) is 5.57 Å². The molecular formula is C18H20N2O2. The zero-order chi connectivity index (χ0) is 16.4. The van der Waals surface area contributed by atoms with Crippen molar-refractivity contribution in [3.05, 3.63) is 59.7 Å². The number of anilines is 1. The lowest BCUT2D eigenvalue weighted by Gasteiger charge is -2.20. The van der Waals surface area contributed by atoms with Gasteiger partial charge in [-0.3, -0.25) is 0 Å². The normalized spacial score (nSPS) is 11.8. The summed E-state index contributed by atoms with van der Waals surface area (Å²) in [5.74, 6) is -1.22. The zero-order valence-electron chi connectivity index (χ0n) is 12.9. The van der Waals surface area contributed by atoms with Crippen LogP contribution >= 0.6 is 0 Å². The minimum Gasteiger partial charge on any atom is -0.477 e. The van der Waals surface area contributed by atoms with Crippen LogP contribution in [0.2, 0.25) is 0 Å². The highest BCUT2D eigenvalue weighted by Crippen LogP contribution is 2.15. The molecule has 0 radical (unpaired) electrons.